The van der Waals surface area contributed by atoms with E-state index in [9.17, 15) is 18.0 Å². The van der Waals surface area contributed by atoms with Gasteiger partial charge in [-0.3, -0.25) is 4.79 Å². The molecule has 1 amide bonds. The minimum atomic E-state index is -4.31. The number of hydrogen-bond donors (Lipinski definition) is 1. The van der Waals surface area contributed by atoms with Gasteiger partial charge in [-0.1, -0.05) is 24.7 Å². The number of nitrogens with zero attached hydrogens (tertiary/aromatic N) is 1. The molecule has 1 saturated carbocycles. The zero-order chi connectivity index (χ0) is 18.3. The fraction of sp³-hybridized carbons (Fsp3) is 0.444. The summed E-state index contributed by atoms with van der Waals surface area (Å²) in [4.78, 5) is 12.2. The lowest BCUT2D eigenvalue weighted by Gasteiger charge is -2.26. The number of amides is 1. The molecular weight excluding hydrogens is 349 g/mol. The van der Waals surface area contributed by atoms with Crippen LogP contribution in [0.2, 0.25) is 0 Å². The quantitative estimate of drug-likeness (QED) is 0.498. The van der Waals surface area contributed by atoms with Gasteiger partial charge in [-0.15, -0.1) is 0 Å². The molecule has 2 rings (SSSR count). The summed E-state index contributed by atoms with van der Waals surface area (Å²) in [6, 6.07) is 7.76. The molecule has 1 N–H and O–H groups in total. The van der Waals surface area contributed by atoms with Crippen LogP contribution in [0.1, 0.15) is 31.2 Å². The molecule has 0 saturated heterocycles. The molecule has 0 aliphatic heterocycles. The van der Waals surface area contributed by atoms with Crippen molar-refractivity contribution >= 4 is 17.7 Å². The summed E-state index contributed by atoms with van der Waals surface area (Å²) in [5.41, 5.74) is -3.69. The molecule has 0 aromatic heterocycles. The number of alkyl halides is 3. The summed E-state index contributed by atoms with van der Waals surface area (Å²) < 4.78 is 37.0. The second-order valence-corrected chi connectivity index (χ2v) is 6.85. The van der Waals surface area contributed by atoms with E-state index in [-0.39, 0.29) is 40.9 Å². The lowest BCUT2D eigenvalue weighted by molar-refractivity contribution is -0.126. The van der Waals surface area contributed by atoms with E-state index in [1.54, 1.807) is 12.1 Å². The van der Waals surface area contributed by atoms with Crippen LogP contribution in [0.5, 0.6) is 0 Å². The van der Waals surface area contributed by atoms with E-state index in [0.29, 0.717) is 5.56 Å². The first-order chi connectivity index (χ1) is 11.9. The zero-order valence-electron chi connectivity index (χ0n) is 13.4. The van der Waals surface area contributed by atoms with Gasteiger partial charge in [0, 0.05) is 16.4 Å². The van der Waals surface area contributed by atoms with Crippen molar-refractivity contribution in [3.05, 3.63) is 29.8 Å². The van der Waals surface area contributed by atoms with Crippen LogP contribution in [0, 0.1) is 35.0 Å². The number of benzene rings is 1. The molecule has 1 aliphatic rings. The molecule has 1 aliphatic carbocycles. The van der Waals surface area contributed by atoms with Gasteiger partial charge >= 0.3 is 5.51 Å². The SMILES string of the molecule is N#CCNC(=O)C1CCCCC1C#Cc1ccc(SC(F)(F)F)cc1. The van der Waals surface area contributed by atoms with Gasteiger partial charge < -0.3 is 5.32 Å². The lowest BCUT2D eigenvalue weighted by Crippen LogP contribution is -2.36. The maximum Gasteiger partial charge on any atom is 0.446 e. The van der Waals surface area contributed by atoms with Gasteiger partial charge in [0.25, 0.3) is 0 Å². The first kappa shape index (κ1) is 19.2. The fourth-order valence-corrected chi connectivity index (χ4v) is 3.33. The van der Waals surface area contributed by atoms with Gasteiger partial charge in [0.05, 0.1) is 12.0 Å². The van der Waals surface area contributed by atoms with Crippen molar-refractivity contribution in [1.29, 1.82) is 5.26 Å². The Hall–Kier alpha value is -2.12. The second kappa shape index (κ2) is 8.82. The Morgan fingerprint density at radius 1 is 1.24 bits per heavy atom. The molecule has 0 heterocycles. The van der Waals surface area contributed by atoms with Gasteiger partial charge in [-0.2, -0.15) is 18.4 Å². The molecule has 2 atom stereocenters. The van der Waals surface area contributed by atoms with E-state index in [1.807, 2.05) is 6.07 Å². The van der Waals surface area contributed by atoms with E-state index in [1.165, 1.54) is 12.1 Å². The number of carbonyl (C=O) groups is 1. The Morgan fingerprint density at radius 3 is 2.56 bits per heavy atom. The van der Waals surface area contributed by atoms with Crippen LogP contribution in [-0.4, -0.2) is 18.0 Å². The third-order valence-electron chi connectivity index (χ3n) is 3.93. The average Bonchev–Trinajstić information content (AvgIpc) is 2.58. The first-order valence-electron chi connectivity index (χ1n) is 7.91. The summed E-state index contributed by atoms with van der Waals surface area (Å²) in [6.07, 6.45) is 3.48. The predicted molar refractivity (Wildman–Crippen MR) is 89.3 cm³/mol. The van der Waals surface area contributed by atoms with Crippen molar-refractivity contribution in [2.45, 2.75) is 36.1 Å². The molecule has 1 aromatic carbocycles. The smallest absolute Gasteiger partial charge is 0.343 e. The summed E-state index contributed by atoms with van der Waals surface area (Å²) in [5.74, 6) is 5.55. The van der Waals surface area contributed by atoms with Crippen LogP contribution in [0.3, 0.4) is 0 Å². The summed E-state index contributed by atoms with van der Waals surface area (Å²) >= 11 is -0.160. The molecule has 0 spiro atoms. The van der Waals surface area contributed by atoms with Crippen LogP contribution >= 0.6 is 11.8 Å². The highest BCUT2D eigenvalue weighted by molar-refractivity contribution is 8.00. The van der Waals surface area contributed by atoms with Crippen LogP contribution < -0.4 is 5.32 Å². The Morgan fingerprint density at radius 2 is 1.92 bits per heavy atom. The van der Waals surface area contributed by atoms with Gasteiger partial charge in [-0.25, -0.2) is 0 Å². The molecule has 2 unspecified atom stereocenters. The largest absolute Gasteiger partial charge is 0.446 e. The monoisotopic (exact) mass is 366 g/mol. The molecule has 7 heteroatoms. The normalized spacial score (nSPS) is 20.1. The third kappa shape index (κ3) is 6.36. The Balaban J connectivity index is 2.04. The highest BCUT2D eigenvalue weighted by Gasteiger charge is 2.30. The number of carbonyl (C=O) groups excluding carboxylic acids is 1. The van der Waals surface area contributed by atoms with Crippen molar-refractivity contribution in [2.24, 2.45) is 11.8 Å². The van der Waals surface area contributed by atoms with E-state index in [4.69, 9.17) is 5.26 Å². The summed E-state index contributed by atoms with van der Waals surface area (Å²) in [6.45, 7) is -0.0200. The molecule has 0 bridgehead atoms. The number of hydrogen-bond acceptors (Lipinski definition) is 3. The van der Waals surface area contributed by atoms with Crippen molar-refractivity contribution in [2.75, 3.05) is 6.54 Å². The molecule has 25 heavy (non-hydrogen) atoms. The van der Waals surface area contributed by atoms with E-state index >= 15 is 0 Å². The minimum Gasteiger partial charge on any atom is -0.343 e. The van der Waals surface area contributed by atoms with E-state index in [2.05, 4.69) is 17.2 Å². The first-order valence-corrected chi connectivity index (χ1v) is 8.73. The van der Waals surface area contributed by atoms with Gasteiger partial charge in [0.15, 0.2) is 0 Å². The number of nitriles is 1. The molecule has 1 fully saturated rings. The van der Waals surface area contributed by atoms with Crippen LogP contribution in [-0.2, 0) is 4.79 Å². The topological polar surface area (TPSA) is 52.9 Å². The number of thioether (sulfide) groups is 1. The lowest BCUT2D eigenvalue weighted by atomic mass is 9.79. The van der Waals surface area contributed by atoms with Crippen LogP contribution in [0.4, 0.5) is 13.2 Å². The van der Waals surface area contributed by atoms with Crippen LogP contribution in [0.15, 0.2) is 29.2 Å². The highest BCUT2D eigenvalue weighted by atomic mass is 32.2. The number of halogens is 3. The standard InChI is InChI=1S/C18H17F3N2OS/c19-18(20,21)25-15-9-6-13(7-10-15)5-8-14-3-1-2-4-16(14)17(24)23-12-11-22/h6-7,9-10,14,16H,1-4,12H2,(H,23,24). The van der Waals surface area contributed by atoms with Crippen molar-refractivity contribution < 1.29 is 18.0 Å². The summed E-state index contributed by atoms with van der Waals surface area (Å²) in [5, 5.41) is 11.1. The fourth-order valence-electron chi connectivity index (χ4n) is 2.79. The van der Waals surface area contributed by atoms with E-state index < -0.39 is 5.51 Å². The minimum absolute atomic E-state index is 0.0200. The Bertz CT molecular complexity index is 698. The van der Waals surface area contributed by atoms with Gasteiger partial charge in [-0.05, 0) is 48.9 Å². The molecule has 1 aromatic rings. The van der Waals surface area contributed by atoms with E-state index in [0.717, 1.165) is 25.7 Å². The maximum atomic E-state index is 12.3. The highest BCUT2D eigenvalue weighted by Crippen LogP contribution is 2.36. The summed E-state index contributed by atoms with van der Waals surface area (Å²) in [7, 11) is 0. The predicted octanol–water partition coefficient (Wildman–Crippen LogP) is 4.10. The van der Waals surface area contributed by atoms with Crippen molar-refractivity contribution in [3.63, 3.8) is 0 Å². The van der Waals surface area contributed by atoms with Crippen LogP contribution in [0.25, 0.3) is 0 Å². The third-order valence-corrected chi connectivity index (χ3v) is 4.67. The van der Waals surface area contributed by atoms with Gasteiger partial charge in [0.2, 0.25) is 5.91 Å². The number of rotatable bonds is 3. The molecule has 132 valence electrons. The molecule has 3 nitrogen and oxygen atoms in total. The number of nitrogens with one attached hydrogen (secondary N) is 1. The average molecular weight is 366 g/mol. The van der Waals surface area contributed by atoms with Crippen molar-refractivity contribution in [1.82, 2.24) is 5.32 Å². The Labute approximate surface area is 149 Å². The zero-order valence-corrected chi connectivity index (χ0v) is 14.2. The molecular formula is C18H17F3N2OS. The maximum absolute atomic E-state index is 12.3. The Kier molecular flexibility index (Phi) is 6.78. The second-order valence-electron chi connectivity index (χ2n) is 5.71. The molecule has 0 radical (unpaired) electrons. The van der Waals surface area contributed by atoms with Gasteiger partial charge in [0.1, 0.15) is 6.54 Å². The van der Waals surface area contributed by atoms with Crippen molar-refractivity contribution in [3.8, 4) is 17.9 Å².